The van der Waals surface area contributed by atoms with Crippen LogP contribution >= 0.6 is 37.5 Å². The zero-order valence-corrected chi connectivity index (χ0v) is 26.9. The van der Waals surface area contributed by atoms with Gasteiger partial charge in [-0.05, 0) is 79.4 Å². The lowest BCUT2D eigenvalue weighted by molar-refractivity contribution is -0.137. The Morgan fingerprint density at radius 2 is 1.71 bits per heavy atom. The molecule has 0 radical (unpaired) electrons. The van der Waals surface area contributed by atoms with E-state index in [0.717, 1.165) is 32.2 Å². The van der Waals surface area contributed by atoms with Crippen molar-refractivity contribution in [3.63, 3.8) is 0 Å². The van der Waals surface area contributed by atoms with Crippen molar-refractivity contribution >= 4 is 72.4 Å². The molecular formula is C33H33BrN2O4S2. The fourth-order valence-corrected chi connectivity index (χ4v) is 7.38. The van der Waals surface area contributed by atoms with E-state index in [2.05, 4.69) is 22.0 Å². The number of fused-ring (bicyclic) bond motifs is 1. The number of nitrogens with zero attached hydrogens (tertiary/aromatic N) is 2. The number of carbonyl (C=O) groups excluding carboxylic acids is 1. The third-order valence-corrected chi connectivity index (χ3v) is 10.2. The minimum Gasteiger partial charge on any atom is -0.481 e. The molecule has 0 spiro atoms. The van der Waals surface area contributed by atoms with Crippen molar-refractivity contribution in [2.45, 2.75) is 36.7 Å². The van der Waals surface area contributed by atoms with E-state index >= 15 is 0 Å². The average molecular weight is 666 g/mol. The van der Waals surface area contributed by atoms with Gasteiger partial charge in [-0.2, -0.15) is 0 Å². The van der Waals surface area contributed by atoms with Crippen LogP contribution in [-0.2, 0) is 16.0 Å². The maximum absolute atomic E-state index is 12.3. The molecule has 9 heteroatoms. The Balaban J connectivity index is 1.42. The highest BCUT2D eigenvalue weighted by Crippen LogP contribution is 2.36. The summed E-state index contributed by atoms with van der Waals surface area (Å²) < 4.78 is 7.20. The van der Waals surface area contributed by atoms with Gasteiger partial charge < -0.3 is 14.7 Å². The van der Waals surface area contributed by atoms with Crippen LogP contribution in [0.15, 0.2) is 83.3 Å². The Morgan fingerprint density at radius 3 is 2.48 bits per heavy atom. The molecule has 1 amide bonds. The number of carboxylic acids is 1. The number of aliphatic carboxylic acids is 1. The number of carbonyl (C=O) groups is 2. The van der Waals surface area contributed by atoms with Crippen molar-refractivity contribution < 1.29 is 19.4 Å². The van der Waals surface area contributed by atoms with E-state index in [1.807, 2.05) is 91.9 Å². The standard InChI is InChI=1S/C33H33BrN2O4S2/c1-22(33(39)36(2)3)41-42-30(16-17-32(37)38)20-24-7-5-9-29(19-24)40-28-8-4-6-23(18-28)10-14-27-15-12-25-11-13-26(34)21-31(25)35-27/h4-15,18-19,21-22,30H,16-17,20H2,1-3H3,(H,37,38). The summed E-state index contributed by atoms with van der Waals surface area (Å²) in [5.41, 5.74) is 3.84. The molecule has 6 nitrogen and oxygen atoms in total. The van der Waals surface area contributed by atoms with Crippen LogP contribution in [0.4, 0.5) is 0 Å². The molecule has 3 aromatic carbocycles. The smallest absolute Gasteiger partial charge is 0.303 e. The van der Waals surface area contributed by atoms with Crippen LogP contribution in [0.2, 0.25) is 0 Å². The zero-order chi connectivity index (χ0) is 30.1. The second-order valence-electron chi connectivity index (χ2n) is 10.1. The summed E-state index contributed by atoms with van der Waals surface area (Å²) in [7, 11) is 6.55. The van der Waals surface area contributed by atoms with E-state index in [1.165, 1.54) is 10.8 Å². The van der Waals surface area contributed by atoms with E-state index in [4.69, 9.17) is 9.72 Å². The second-order valence-corrected chi connectivity index (χ2v) is 13.9. The Hall–Kier alpha value is -3.27. The molecule has 1 heterocycles. The predicted octanol–water partition coefficient (Wildman–Crippen LogP) is 8.59. The molecule has 0 saturated carbocycles. The molecule has 1 N–H and O–H groups in total. The number of aromatic nitrogens is 1. The normalized spacial score (nSPS) is 12.8. The van der Waals surface area contributed by atoms with E-state index < -0.39 is 5.97 Å². The molecule has 4 aromatic rings. The van der Waals surface area contributed by atoms with Crippen LogP contribution in [0, 0.1) is 0 Å². The molecule has 218 valence electrons. The summed E-state index contributed by atoms with van der Waals surface area (Å²) in [5, 5.41) is 10.2. The van der Waals surface area contributed by atoms with E-state index in [-0.39, 0.29) is 22.8 Å². The number of rotatable bonds is 13. The van der Waals surface area contributed by atoms with Crippen molar-refractivity contribution in [1.29, 1.82) is 0 Å². The van der Waals surface area contributed by atoms with Crippen LogP contribution < -0.4 is 4.74 Å². The molecule has 0 aliphatic rings. The fourth-order valence-electron chi connectivity index (χ4n) is 4.23. The minimum absolute atomic E-state index is 0.0389. The number of benzene rings is 3. The highest BCUT2D eigenvalue weighted by molar-refractivity contribution is 9.10. The van der Waals surface area contributed by atoms with Gasteiger partial charge in [0.1, 0.15) is 11.5 Å². The molecule has 2 atom stereocenters. The van der Waals surface area contributed by atoms with Gasteiger partial charge in [-0.15, -0.1) is 0 Å². The van der Waals surface area contributed by atoms with Gasteiger partial charge in [0.2, 0.25) is 5.91 Å². The molecule has 42 heavy (non-hydrogen) atoms. The molecule has 2 unspecified atom stereocenters. The topological polar surface area (TPSA) is 79.7 Å². The average Bonchev–Trinajstić information content (AvgIpc) is 2.97. The summed E-state index contributed by atoms with van der Waals surface area (Å²) in [4.78, 5) is 29.8. The summed E-state index contributed by atoms with van der Waals surface area (Å²) in [5.74, 6) is 0.645. The largest absolute Gasteiger partial charge is 0.481 e. The quantitative estimate of drug-likeness (QED) is 0.143. The number of ether oxygens (including phenoxy) is 1. The first-order chi connectivity index (χ1) is 20.2. The molecule has 0 aliphatic heterocycles. The van der Waals surface area contributed by atoms with Crippen LogP contribution in [0.3, 0.4) is 0 Å². The minimum atomic E-state index is -0.821. The first-order valence-corrected chi connectivity index (χ1v) is 16.6. The summed E-state index contributed by atoms with van der Waals surface area (Å²) in [6, 6.07) is 25.9. The Bertz CT molecular complexity index is 1580. The lowest BCUT2D eigenvalue weighted by Gasteiger charge is -2.20. The first-order valence-electron chi connectivity index (χ1n) is 13.5. The summed E-state index contributed by atoms with van der Waals surface area (Å²) in [6.07, 6.45) is 5.26. The lowest BCUT2D eigenvalue weighted by atomic mass is 10.1. The van der Waals surface area contributed by atoms with Gasteiger partial charge in [-0.1, -0.05) is 80.0 Å². The molecule has 4 rings (SSSR count). The number of hydrogen-bond acceptors (Lipinski definition) is 6. The van der Waals surface area contributed by atoms with Crippen LogP contribution in [-0.4, -0.2) is 51.5 Å². The maximum Gasteiger partial charge on any atom is 0.303 e. The van der Waals surface area contributed by atoms with Crippen molar-refractivity contribution in [2.75, 3.05) is 14.1 Å². The monoisotopic (exact) mass is 664 g/mol. The van der Waals surface area contributed by atoms with Gasteiger partial charge in [-0.3, -0.25) is 9.59 Å². The van der Waals surface area contributed by atoms with Crippen molar-refractivity contribution in [3.05, 3.63) is 100 Å². The first kappa shape index (κ1) is 31.7. The third-order valence-electron chi connectivity index (χ3n) is 6.38. The van der Waals surface area contributed by atoms with Crippen LogP contribution in [0.25, 0.3) is 23.1 Å². The van der Waals surface area contributed by atoms with Gasteiger partial charge in [-0.25, -0.2) is 4.98 Å². The molecular weight excluding hydrogens is 632 g/mol. The molecule has 0 aliphatic carbocycles. The molecule has 0 bridgehead atoms. The third kappa shape index (κ3) is 9.64. The van der Waals surface area contributed by atoms with Gasteiger partial charge in [0.25, 0.3) is 0 Å². The number of pyridine rings is 1. The van der Waals surface area contributed by atoms with Crippen LogP contribution in [0.5, 0.6) is 11.5 Å². The van der Waals surface area contributed by atoms with E-state index in [0.29, 0.717) is 24.3 Å². The fraction of sp³-hybridized carbons (Fsp3) is 0.242. The van der Waals surface area contributed by atoms with Crippen molar-refractivity contribution in [1.82, 2.24) is 9.88 Å². The highest BCUT2D eigenvalue weighted by atomic mass is 79.9. The summed E-state index contributed by atoms with van der Waals surface area (Å²) in [6.45, 7) is 1.88. The number of halogens is 1. The SMILES string of the molecule is CC(SSC(CCC(=O)O)Cc1cccc(Oc2cccc(C=Cc3ccc4ccc(Br)cc4n3)c2)c1)C(=O)N(C)C. The van der Waals surface area contributed by atoms with Gasteiger partial charge in [0.05, 0.1) is 16.5 Å². The number of amides is 1. The second kappa shape index (κ2) is 15.3. The lowest BCUT2D eigenvalue weighted by Crippen LogP contribution is -2.29. The van der Waals surface area contributed by atoms with E-state index in [1.54, 1.807) is 29.8 Å². The zero-order valence-electron chi connectivity index (χ0n) is 23.7. The molecule has 0 saturated heterocycles. The van der Waals surface area contributed by atoms with Gasteiger partial charge >= 0.3 is 5.97 Å². The van der Waals surface area contributed by atoms with Gasteiger partial charge in [0.15, 0.2) is 0 Å². The van der Waals surface area contributed by atoms with Crippen LogP contribution in [0.1, 0.15) is 36.6 Å². The van der Waals surface area contributed by atoms with Gasteiger partial charge in [0, 0.05) is 35.6 Å². The van der Waals surface area contributed by atoms with Crippen molar-refractivity contribution in [2.24, 2.45) is 0 Å². The molecule has 1 aromatic heterocycles. The molecule has 0 fully saturated rings. The Morgan fingerprint density at radius 1 is 0.976 bits per heavy atom. The predicted molar refractivity (Wildman–Crippen MR) is 179 cm³/mol. The number of hydrogen-bond donors (Lipinski definition) is 1. The van der Waals surface area contributed by atoms with E-state index in [9.17, 15) is 14.7 Å². The Kier molecular flexibility index (Phi) is 11.5. The summed E-state index contributed by atoms with van der Waals surface area (Å²) >= 11 is 3.51. The maximum atomic E-state index is 12.3. The number of carboxylic acid groups (broad SMARTS) is 1. The Labute approximate surface area is 263 Å². The highest BCUT2D eigenvalue weighted by Gasteiger charge is 2.20. The van der Waals surface area contributed by atoms with Crippen molar-refractivity contribution in [3.8, 4) is 11.5 Å².